The van der Waals surface area contributed by atoms with Crippen LogP contribution < -0.4 is 5.11 Å². The van der Waals surface area contributed by atoms with Gasteiger partial charge in [-0.25, -0.2) is 0 Å². The molecule has 0 aliphatic rings. The molecule has 0 spiro atoms. The molecular weight excluding hydrogens is 658 g/mol. The Morgan fingerprint density at radius 2 is 1.04 bits per heavy atom. The molecule has 0 bridgehead atoms. The number of carbonyl (C=O) groups excluding carboxylic acids is 3. The largest absolute Gasteiger partial charge is 0.545 e. The van der Waals surface area contributed by atoms with E-state index < -0.39 is 24.3 Å². The Kier molecular flexibility index (Phi) is 34.2. The van der Waals surface area contributed by atoms with Crippen molar-refractivity contribution in [2.45, 2.75) is 187 Å². The number of hydrogen-bond acceptors (Lipinski definition) is 8. The lowest BCUT2D eigenvalue weighted by Crippen LogP contribution is -2.44. The van der Waals surface area contributed by atoms with Gasteiger partial charge in [0.15, 0.2) is 12.4 Å². The minimum atomic E-state index is -1.62. The van der Waals surface area contributed by atoms with Crippen molar-refractivity contribution in [2.24, 2.45) is 0 Å². The first-order chi connectivity index (χ1) is 25.1. The van der Waals surface area contributed by atoms with Crippen LogP contribution in [0.15, 0.2) is 24.3 Å². The standard InChI is InChI=1S/C43H79NO8/c1-6-8-10-12-14-16-17-18-19-20-21-22-23-24-26-28-30-32-34-41(46)52-39(38-51-43(42(47)48)49-36-35-44(3,4)5)37-50-40(45)33-31-29-27-25-15-13-11-9-7-2/h16-17,19-20,39,43H,6-15,18,21-38H2,1-5H3/b17-16-,20-19-. The maximum Gasteiger partial charge on any atom is 0.306 e. The van der Waals surface area contributed by atoms with Crippen molar-refractivity contribution in [2.75, 3.05) is 47.5 Å². The zero-order valence-corrected chi connectivity index (χ0v) is 34.2. The number of likely N-dealkylation sites (N-methyl/N-ethyl adjacent to an activating group) is 1. The lowest BCUT2D eigenvalue weighted by molar-refractivity contribution is -0.870. The summed E-state index contributed by atoms with van der Waals surface area (Å²) in [7, 11) is 5.90. The Morgan fingerprint density at radius 3 is 1.54 bits per heavy atom. The molecule has 0 amide bonds. The lowest BCUT2D eigenvalue weighted by Gasteiger charge is -2.26. The fraction of sp³-hybridized carbons (Fsp3) is 0.837. The van der Waals surface area contributed by atoms with Gasteiger partial charge < -0.3 is 33.3 Å². The van der Waals surface area contributed by atoms with E-state index in [1.54, 1.807) is 0 Å². The number of quaternary nitrogens is 1. The molecule has 0 saturated heterocycles. The maximum atomic E-state index is 12.7. The number of carboxylic acids is 1. The van der Waals surface area contributed by atoms with Gasteiger partial charge in [0.05, 0.1) is 40.3 Å². The number of allylic oxidation sites excluding steroid dienone is 4. The first kappa shape index (κ1) is 49.8. The van der Waals surface area contributed by atoms with Crippen molar-refractivity contribution in [3.63, 3.8) is 0 Å². The number of ether oxygens (including phenoxy) is 4. The van der Waals surface area contributed by atoms with E-state index in [1.807, 2.05) is 21.1 Å². The normalized spacial score (nSPS) is 13.2. The van der Waals surface area contributed by atoms with E-state index in [2.05, 4.69) is 38.2 Å². The molecule has 0 saturated carbocycles. The molecule has 0 aliphatic heterocycles. The molecule has 0 N–H and O–H groups in total. The van der Waals surface area contributed by atoms with Gasteiger partial charge in [-0.15, -0.1) is 0 Å². The summed E-state index contributed by atoms with van der Waals surface area (Å²) in [4.78, 5) is 36.8. The van der Waals surface area contributed by atoms with Crippen LogP contribution in [0.1, 0.15) is 174 Å². The summed E-state index contributed by atoms with van der Waals surface area (Å²) in [5.74, 6) is -2.30. The minimum Gasteiger partial charge on any atom is -0.545 e. The maximum absolute atomic E-state index is 12.7. The van der Waals surface area contributed by atoms with E-state index in [1.165, 1.54) is 89.9 Å². The number of unbranched alkanes of at least 4 members (excludes halogenated alkanes) is 19. The van der Waals surface area contributed by atoms with Gasteiger partial charge in [-0.2, -0.15) is 0 Å². The van der Waals surface area contributed by atoms with E-state index >= 15 is 0 Å². The van der Waals surface area contributed by atoms with Crippen LogP contribution in [0.5, 0.6) is 0 Å². The van der Waals surface area contributed by atoms with Crippen molar-refractivity contribution < 1.29 is 42.9 Å². The number of rotatable bonds is 38. The molecule has 9 heteroatoms. The summed E-state index contributed by atoms with van der Waals surface area (Å²) < 4.78 is 22.5. The van der Waals surface area contributed by atoms with Crippen molar-refractivity contribution in [3.8, 4) is 0 Å². The number of aliphatic carboxylic acids is 1. The quantitative estimate of drug-likeness (QED) is 0.0203. The van der Waals surface area contributed by atoms with Crippen LogP contribution in [0.25, 0.3) is 0 Å². The Bertz CT molecular complexity index is 913. The van der Waals surface area contributed by atoms with Gasteiger partial charge in [-0.05, 0) is 44.9 Å². The third kappa shape index (κ3) is 36.1. The molecule has 0 rings (SSSR count). The van der Waals surface area contributed by atoms with Crippen molar-refractivity contribution in [3.05, 3.63) is 24.3 Å². The topological polar surface area (TPSA) is 111 Å². The van der Waals surface area contributed by atoms with Crippen LogP contribution >= 0.6 is 0 Å². The number of esters is 2. The number of carboxylic acid groups (broad SMARTS) is 1. The third-order valence-electron chi connectivity index (χ3n) is 8.95. The molecule has 0 heterocycles. The predicted octanol–water partition coefficient (Wildman–Crippen LogP) is 9.16. The van der Waals surface area contributed by atoms with E-state index in [0.717, 1.165) is 51.4 Å². The average molecular weight is 738 g/mol. The fourth-order valence-electron chi connectivity index (χ4n) is 5.62. The van der Waals surface area contributed by atoms with Gasteiger partial charge in [0.2, 0.25) is 0 Å². The van der Waals surface area contributed by atoms with Crippen LogP contribution in [0.3, 0.4) is 0 Å². The Morgan fingerprint density at radius 1 is 0.577 bits per heavy atom. The lowest BCUT2D eigenvalue weighted by atomic mass is 10.1. The minimum absolute atomic E-state index is 0.147. The molecule has 304 valence electrons. The monoisotopic (exact) mass is 738 g/mol. The zero-order chi connectivity index (χ0) is 38.5. The SMILES string of the molecule is CCCCCC/C=C\C/C=C\CCCCCCCCCC(=O)OC(COC(=O)CCCCCCCCCCC)COC(OCC[N+](C)(C)C)C(=O)[O-]. The summed E-state index contributed by atoms with van der Waals surface area (Å²) in [6.07, 6.45) is 33.5. The summed E-state index contributed by atoms with van der Waals surface area (Å²) in [6.45, 7) is 4.68. The molecule has 0 radical (unpaired) electrons. The average Bonchev–Trinajstić information content (AvgIpc) is 3.09. The summed E-state index contributed by atoms with van der Waals surface area (Å²) >= 11 is 0. The Labute approximate surface area is 318 Å². The highest BCUT2D eigenvalue weighted by atomic mass is 16.7. The first-order valence-electron chi connectivity index (χ1n) is 21.0. The summed E-state index contributed by atoms with van der Waals surface area (Å²) in [6, 6.07) is 0. The number of hydrogen-bond donors (Lipinski definition) is 0. The molecule has 0 aliphatic carbocycles. The highest BCUT2D eigenvalue weighted by Gasteiger charge is 2.21. The van der Waals surface area contributed by atoms with E-state index in [0.29, 0.717) is 23.9 Å². The first-order valence-corrected chi connectivity index (χ1v) is 21.0. The summed E-state index contributed by atoms with van der Waals surface area (Å²) in [5, 5.41) is 11.6. The zero-order valence-electron chi connectivity index (χ0n) is 34.2. The van der Waals surface area contributed by atoms with Crippen LogP contribution in [0.2, 0.25) is 0 Å². The van der Waals surface area contributed by atoms with Crippen molar-refractivity contribution in [1.29, 1.82) is 0 Å². The van der Waals surface area contributed by atoms with E-state index in [9.17, 15) is 19.5 Å². The predicted molar refractivity (Wildman–Crippen MR) is 209 cm³/mol. The van der Waals surface area contributed by atoms with Crippen molar-refractivity contribution >= 4 is 17.9 Å². The van der Waals surface area contributed by atoms with Gasteiger partial charge >= 0.3 is 11.9 Å². The molecule has 2 unspecified atom stereocenters. The van der Waals surface area contributed by atoms with Crippen molar-refractivity contribution in [1.82, 2.24) is 0 Å². The second-order valence-corrected chi connectivity index (χ2v) is 15.3. The Balaban J connectivity index is 4.44. The molecule has 2 atom stereocenters. The van der Waals surface area contributed by atoms with Crippen LogP contribution in [-0.4, -0.2) is 82.3 Å². The fourth-order valence-corrected chi connectivity index (χ4v) is 5.62. The van der Waals surface area contributed by atoms with Gasteiger partial charge in [0.1, 0.15) is 13.2 Å². The molecule has 0 fully saturated rings. The second-order valence-electron chi connectivity index (χ2n) is 15.3. The number of nitrogens with zero attached hydrogens (tertiary/aromatic N) is 1. The van der Waals surface area contributed by atoms with Crippen LogP contribution in [-0.2, 0) is 33.3 Å². The highest BCUT2D eigenvalue weighted by molar-refractivity contribution is 5.70. The highest BCUT2D eigenvalue weighted by Crippen LogP contribution is 2.13. The molecule has 52 heavy (non-hydrogen) atoms. The van der Waals surface area contributed by atoms with Crippen LogP contribution in [0.4, 0.5) is 0 Å². The van der Waals surface area contributed by atoms with E-state index in [-0.39, 0.29) is 32.2 Å². The molecule has 0 aromatic carbocycles. The molecule has 0 aromatic rings. The summed E-state index contributed by atoms with van der Waals surface area (Å²) in [5.41, 5.74) is 0. The van der Waals surface area contributed by atoms with Gasteiger partial charge in [-0.1, -0.05) is 141 Å². The second kappa shape index (κ2) is 35.8. The van der Waals surface area contributed by atoms with Gasteiger partial charge in [0, 0.05) is 12.8 Å². The van der Waals surface area contributed by atoms with Gasteiger partial charge in [-0.3, -0.25) is 9.59 Å². The van der Waals surface area contributed by atoms with E-state index in [4.69, 9.17) is 18.9 Å². The van der Waals surface area contributed by atoms with Gasteiger partial charge in [0.25, 0.3) is 0 Å². The van der Waals surface area contributed by atoms with Crippen LogP contribution in [0, 0.1) is 0 Å². The smallest absolute Gasteiger partial charge is 0.306 e. The molecule has 9 nitrogen and oxygen atoms in total. The number of carbonyl (C=O) groups is 3. The Hall–Kier alpha value is -2.23. The third-order valence-corrected chi connectivity index (χ3v) is 8.95. The molecule has 0 aromatic heterocycles. The molecular formula is C43H79NO8.